The highest BCUT2D eigenvalue weighted by Crippen LogP contribution is 2.36. The molecule has 0 amide bonds. The van der Waals surface area contributed by atoms with Gasteiger partial charge in [-0.2, -0.15) is 0 Å². The molecule has 6 nitrogen and oxygen atoms in total. The van der Waals surface area contributed by atoms with Crippen molar-refractivity contribution in [3.63, 3.8) is 0 Å². The van der Waals surface area contributed by atoms with Crippen molar-refractivity contribution in [1.29, 1.82) is 0 Å². The molecule has 0 aliphatic heterocycles. The Morgan fingerprint density at radius 1 is 1.13 bits per heavy atom. The number of benzene rings is 2. The minimum atomic E-state index is -1.78. The van der Waals surface area contributed by atoms with E-state index in [1.807, 2.05) is 24.3 Å². The van der Waals surface area contributed by atoms with Gasteiger partial charge in [-0.3, -0.25) is 10.1 Å². The molecule has 0 unspecified atom stereocenters. The zero-order valence-corrected chi connectivity index (χ0v) is 19.5. The number of aryl methyl sites for hydroxylation is 1. The van der Waals surface area contributed by atoms with Crippen LogP contribution in [0.2, 0.25) is 18.1 Å². The first-order valence-electron chi connectivity index (χ1n) is 10.4. The summed E-state index contributed by atoms with van der Waals surface area (Å²) >= 11 is 0. The third-order valence-corrected chi connectivity index (χ3v) is 10.6. The first-order chi connectivity index (χ1) is 14.1. The van der Waals surface area contributed by atoms with Gasteiger partial charge in [0.1, 0.15) is 5.82 Å². The Labute approximate surface area is 179 Å². The summed E-state index contributed by atoms with van der Waals surface area (Å²) in [5.41, 5.74) is 2.83. The molecule has 3 aromatic rings. The first kappa shape index (κ1) is 22.2. The van der Waals surface area contributed by atoms with Crippen molar-refractivity contribution >= 4 is 25.0 Å². The van der Waals surface area contributed by atoms with E-state index in [-0.39, 0.29) is 15.6 Å². The molecule has 0 spiro atoms. The van der Waals surface area contributed by atoms with Crippen LogP contribution in [0.25, 0.3) is 11.0 Å². The molecule has 0 fully saturated rings. The van der Waals surface area contributed by atoms with Gasteiger partial charge in [0.15, 0.2) is 8.32 Å². The Bertz CT molecular complexity index is 1020. The molecular formula is C23H31N3O3Si. The van der Waals surface area contributed by atoms with Gasteiger partial charge in [-0.15, -0.1) is 0 Å². The molecule has 1 aromatic heterocycles. The zero-order chi connectivity index (χ0) is 21.9. The average molecular weight is 426 g/mol. The summed E-state index contributed by atoms with van der Waals surface area (Å²) in [7, 11) is -1.78. The summed E-state index contributed by atoms with van der Waals surface area (Å²) < 4.78 is 8.51. The van der Waals surface area contributed by atoms with E-state index in [1.54, 1.807) is 12.1 Å². The summed E-state index contributed by atoms with van der Waals surface area (Å²) in [5.74, 6) is 0.920. The van der Waals surface area contributed by atoms with Crippen molar-refractivity contribution in [1.82, 2.24) is 9.55 Å². The van der Waals surface area contributed by atoms with Crippen LogP contribution in [0.1, 0.15) is 38.6 Å². The van der Waals surface area contributed by atoms with Gasteiger partial charge in [-0.1, -0.05) is 51.1 Å². The maximum Gasteiger partial charge on any atom is 0.271 e. The second-order valence-corrected chi connectivity index (χ2v) is 14.0. The smallest absolute Gasteiger partial charge is 0.271 e. The van der Waals surface area contributed by atoms with Crippen molar-refractivity contribution in [3.8, 4) is 0 Å². The molecule has 0 aliphatic carbocycles. The van der Waals surface area contributed by atoms with E-state index >= 15 is 0 Å². The molecule has 0 aliphatic rings. The predicted octanol–water partition coefficient (Wildman–Crippen LogP) is 5.95. The normalized spacial score (nSPS) is 12.4. The van der Waals surface area contributed by atoms with Crippen LogP contribution in [0.15, 0.2) is 48.5 Å². The van der Waals surface area contributed by atoms with Gasteiger partial charge in [0.25, 0.3) is 5.69 Å². The standard InChI is InChI=1S/C23H31N3O3Si/c1-23(2,3)30(4,5)29-15-9-14-25-21-13-12-19(26(27)28)17-20(21)24-22(25)16-18-10-7-6-8-11-18/h6-8,10-13,17H,9,14-16H2,1-5H3. The quantitative estimate of drug-likeness (QED) is 0.194. The number of hydrogen-bond donors (Lipinski definition) is 0. The van der Waals surface area contributed by atoms with E-state index in [9.17, 15) is 10.1 Å². The molecule has 160 valence electrons. The van der Waals surface area contributed by atoms with Gasteiger partial charge in [0, 0.05) is 31.7 Å². The van der Waals surface area contributed by atoms with Crippen LogP contribution in [0.5, 0.6) is 0 Å². The Balaban J connectivity index is 1.83. The lowest BCUT2D eigenvalue weighted by Crippen LogP contribution is -2.41. The third kappa shape index (κ3) is 4.96. The highest BCUT2D eigenvalue weighted by Gasteiger charge is 2.36. The van der Waals surface area contributed by atoms with Crippen LogP contribution in [0, 0.1) is 10.1 Å². The molecule has 0 saturated carbocycles. The number of non-ortho nitro benzene ring substituents is 1. The fraction of sp³-hybridized carbons (Fsp3) is 0.435. The summed E-state index contributed by atoms with van der Waals surface area (Å²) in [6.45, 7) is 12.7. The van der Waals surface area contributed by atoms with Crippen LogP contribution in [-0.2, 0) is 17.4 Å². The fourth-order valence-corrected chi connectivity index (χ4v) is 4.30. The van der Waals surface area contributed by atoms with Crippen molar-refractivity contribution in [3.05, 3.63) is 70.0 Å². The van der Waals surface area contributed by atoms with Crippen molar-refractivity contribution < 1.29 is 9.35 Å². The first-order valence-corrected chi connectivity index (χ1v) is 13.3. The maximum absolute atomic E-state index is 11.2. The number of imidazole rings is 1. The molecule has 30 heavy (non-hydrogen) atoms. The topological polar surface area (TPSA) is 70.2 Å². The van der Waals surface area contributed by atoms with Crippen LogP contribution in [0.4, 0.5) is 5.69 Å². The number of hydrogen-bond acceptors (Lipinski definition) is 4. The van der Waals surface area contributed by atoms with Gasteiger partial charge in [0.2, 0.25) is 0 Å². The lowest BCUT2D eigenvalue weighted by Gasteiger charge is -2.36. The Hall–Kier alpha value is -2.51. The Morgan fingerprint density at radius 3 is 2.47 bits per heavy atom. The molecule has 0 radical (unpaired) electrons. The largest absolute Gasteiger partial charge is 0.417 e. The summed E-state index contributed by atoms with van der Waals surface area (Å²) in [4.78, 5) is 15.5. The van der Waals surface area contributed by atoms with Crippen molar-refractivity contribution in [2.45, 2.75) is 58.3 Å². The van der Waals surface area contributed by atoms with E-state index in [4.69, 9.17) is 9.41 Å². The molecular weight excluding hydrogens is 394 g/mol. The van der Waals surface area contributed by atoms with Crippen LogP contribution < -0.4 is 0 Å². The highest BCUT2D eigenvalue weighted by atomic mass is 28.4. The zero-order valence-electron chi connectivity index (χ0n) is 18.5. The number of nitro benzene ring substituents is 1. The number of nitro groups is 1. The lowest BCUT2D eigenvalue weighted by molar-refractivity contribution is -0.384. The Kier molecular flexibility index (Phi) is 6.43. The fourth-order valence-electron chi connectivity index (χ4n) is 3.21. The summed E-state index contributed by atoms with van der Waals surface area (Å²) in [6.07, 6.45) is 1.56. The number of rotatable bonds is 8. The average Bonchev–Trinajstić information content (AvgIpc) is 3.01. The molecule has 0 saturated heterocycles. The van der Waals surface area contributed by atoms with Gasteiger partial charge in [0.05, 0.1) is 16.0 Å². The van der Waals surface area contributed by atoms with E-state index in [1.165, 1.54) is 5.56 Å². The van der Waals surface area contributed by atoms with E-state index in [2.05, 4.69) is 50.6 Å². The summed E-state index contributed by atoms with van der Waals surface area (Å²) in [5, 5.41) is 11.4. The van der Waals surface area contributed by atoms with Crippen molar-refractivity contribution in [2.24, 2.45) is 0 Å². The molecule has 0 atom stereocenters. The molecule has 1 heterocycles. The number of fused-ring (bicyclic) bond motifs is 1. The van der Waals surface area contributed by atoms with Gasteiger partial charge < -0.3 is 8.99 Å². The van der Waals surface area contributed by atoms with E-state index < -0.39 is 8.32 Å². The molecule has 2 aromatic carbocycles. The van der Waals surface area contributed by atoms with Gasteiger partial charge in [-0.05, 0) is 36.2 Å². The minimum Gasteiger partial charge on any atom is -0.417 e. The van der Waals surface area contributed by atoms with Crippen LogP contribution in [-0.4, -0.2) is 29.4 Å². The highest BCUT2D eigenvalue weighted by molar-refractivity contribution is 6.74. The Morgan fingerprint density at radius 2 is 1.83 bits per heavy atom. The monoisotopic (exact) mass is 425 g/mol. The predicted molar refractivity (Wildman–Crippen MR) is 123 cm³/mol. The second-order valence-electron chi connectivity index (χ2n) is 9.23. The third-order valence-electron chi connectivity index (χ3n) is 6.02. The molecule has 0 N–H and O–H groups in total. The van der Waals surface area contributed by atoms with Crippen LogP contribution in [0.3, 0.4) is 0 Å². The van der Waals surface area contributed by atoms with E-state index in [0.29, 0.717) is 18.5 Å². The second kappa shape index (κ2) is 8.69. The molecule has 0 bridgehead atoms. The molecule has 3 rings (SSSR count). The SMILES string of the molecule is CC(C)(C)[Si](C)(C)OCCCn1c(Cc2ccccc2)nc2cc([N+](=O)[O-])ccc21. The summed E-state index contributed by atoms with van der Waals surface area (Å²) in [6, 6.07) is 15.1. The maximum atomic E-state index is 11.2. The van der Waals surface area contributed by atoms with Gasteiger partial charge in [-0.25, -0.2) is 4.98 Å². The lowest BCUT2D eigenvalue weighted by atomic mass is 10.1. The van der Waals surface area contributed by atoms with E-state index in [0.717, 1.165) is 24.3 Å². The van der Waals surface area contributed by atoms with Gasteiger partial charge >= 0.3 is 0 Å². The minimum absolute atomic E-state index is 0.0691. The number of aromatic nitrogens is 2. The number of nitrogens with zero attached hydrogens (tertiary/aromatic N) is 3. The van der Waals surface area contributed by atoms with Crippen LogP contribution >= 0.6 is 0 Å². The molecule has 7 heteroatoms. The van der Waals surface area contributed by atoms with Crippen molar-refractivity contribution in [2.75, 3.05) is 6.61 Å².